The molecule has 0 bridgehead atoms. The summed E-state index contributed by atoms with van der Waals surface area (Å²) in [5.74, 6) is 3.43. The first-order chi connectivity index (χ1) is 13.3. The van der Waals surface area contributed by atoms with E-state index in [0.717, 1.165) is 48.0 Å². The monoisotopic (exact) mass is 367 g/mol. The Kier molecular flexibility index (Phi) is 4.84. The van der Waals surface area contributed by atoms with Gasteiger partial charge in [-0.1, -0.05) is 0 Å². The molecule has 27 heavy (non-hydrogen) atoms. The molecule has 3 atom stereocenters. The predicted octanol–water partition coefficient (Wildman–Crippen LogP) is 3.02. The van der Waals surface area contributed by atoms with Crippen molar-refractivity contribution in [3.8, 4) is 11.3 Å². The first-order valence-corrected chi connectivity index (χ1v) is 10.4. The molecule has 6 nitrogen and oxygen atoms in total. The normalized spacial score (nSPS) is 29.1. The Morgan fingerprint density at radius 1 is 1.07 bits per heavy atom. The van der Waals surface area contributed by atoms with Crippen molar-refractivity contribution in [1.29, 1.82) is 0 Å². The Balaban J connectivity index is 1.12. The van der Waals surface area contributed by atoms with Crippen LogP contribution in [0.5, 0.6) is 0 Å². The van der Waals surface area contributed by atoms with Crippen LogP contribution in [0.4, 0.5) is 5.82 Å². The molecule has 5 rings (SSSR count). The third kappa shape index (κ3) is 3.87. The van der Waals surface area contributed by atoms with E-state index < -0.39 is 0 Å². The van der Waals surface area contributed by atoms with E-state index in [4.69, 9.17) is 4.74 Å². The Labute approximate surface area is 160 Å². The van der Waals surface area contributed by atoms with E-state index in [0.29, 0.717) is 6.04 Å². The van der Waals surface area contributed by atoms with Crippen molar-refractivity contribution >= 4 is 5.82 Å². The topological polar surface area (TPSA) is 66.1 Å². The van der Waals surface area contributed by atoms with Crippen molar-refractivity contribution in [2.75, 3.05) is 38.2 Å². The van der Waals surface area contributed by atoms with Crippen LogP contribution in [0.1, 0.15) is 25.7 Å². The number of aromatic amines is 1. The van der Waals surface area contributed by atoms with Gasteiger partial charge in [-0.2, -0.15) is 0 Å². The summed E-state index contributed by atoms with van der Waals surface area (Å²) in [4.78, 5) is 5.78. The van der Waals surface area contributed by atoms with Gasteiger partial charge in [0.15, 0.2) is 0 Å². The smallest absolute Gasteiger partial charge is 0.148 e. The molecule has 144 valence electrons. The van der Waals surface area contributed by atoms with Gasteiger partial charge in [-0.05, 0) is 61.6 Å². The quantitative estimate of drug-likeness (QED) is 0.850. The minimum absolute atomic E-state index is 0.539. The van der Waals surface area contributed by atoms with Crippen LogP contribution in [-0.2, 0) is 4.74 Å². The number of fused-ring (bicyclic) bond motifs is 1. The maximum Gasteiger partial charge on any atom is 0.148 e. The Bertz CT molecular complexity index is 712. The number of hydrogen-bond acceptors (Lipinski definition) is 5. The Morgan fingerprint density at radius 2 is 1.89 bits per heavy atom. The molecule has 1 saturated carbocycles. The SMILES string of the molecule is c1cc(-c2ccc(NC3C[C@@H]4CN(CC5CCOCC5)C[C@@H]4C3)nn2)c[nH]1. The number of rotatable bonds is 5. The highest BCUT2D eigenvalue weighted by molar-refractivity contribution is 5.58. The number of nitrogens with one attached hydrogen (secondary N) is 2. The predicted molar refractivity (Wildman–Crippen MR) is 105 cm³/mol. The summed E-state index contributed by atoms with van der Waals surface area (Å²) in [6.07, 6.45) is 8.86. The van der Waals surface area contributed by atoms with Gasteiger partial charge in [-0.15, -0.1) is 10.2 Å². The van der Waals surface area contributed by atoms with E-state index in [2.05, 4.69) is 31.5 Å². The Hall–Kier alpha value is -1.92. The lowest BCUT2D eigenvalue weighted by molar-refractivity contribution is 0.0545. The minimum atomic E-state index is 0.539. The van der Waals surface area contributed by atoms with Crippen LogP contribution < -0.4 is 5.32 Å². The second kappa shape index (κ2) is 7.60. The van der Waals surface area contributed by atoms with Gasteiger partial charge < -0.3 is 19.9 Å². The molecule has 2 N–H and O–H groups in total. The van der Waals surface area contributed by atoms with Crippen LogP contribution in [0.2, 0.25) is 0 Å². The van der Waals surface area contributed by atoms with Crippen molar-refractivity contribution in [3.05, 3.63) is 30.6 Å². The highest BCUT2D eigenvalue weighted by Gasteiger charge is 2.41. The van der Waals surface area contributed by atoms with E-state index in [-0.39, 0.29) is 0 Å². The highest BCUT2D eigenvalue weighted by Crippen LogP contribution is 2.39. The van der Waals surface area contributed by atoms with Crippen LogP contribution in [0, 0.1) is 17.8 Å². The number of ether oxygens (including phenoxy) is 1. The molecule has 6 heteroatoms. The average Bonchev–Trinajstić information content (AvgIpc) is 3.40. The Morgan fingerprint density at radius 3 is 2.56 bits per heavy atom. The average molecular weight is 367 g/mol. The number of anilines is 1. The minimum Gasteiger partial charge on any atom is -0.381 e. The fourth-order valence-corrected chi connectivity index (χ4v) is 5.21. The number of nitrogens with zero attached hydrogens (tertiary/aromatic N) is 3. The third-order valence-electron chi connectivity index (χ3n) is 6.59. The van der Waals surface area contributed by atoms with Crippen molar-refractivity contribution in [2.24, 2.45) is 17.8 Å². The van der Waals surface area contributed by atoms with Gasteiger partial charge in [0.25, 0.3) is 0 Å². The van der Waals surface area contributed by atoms with Crippen molar-refractivity contribution in [3.63, 3.8) is 0 Å². The van der Waals surface area contributed by atoms with Crippen LogP contribution in [0.25, 0.3) is 11.3 Å². The number of likely N-dealkylation sites (tertiary alicyclic amines) is 1. The molecule has 0 radical (unpaired) electrons. The zero-order chi connectivity index (χ0) is 18.1. The van der Waals surface area contributed by atoms with E-state index >= 15 is 0 Å². The van der Waals surface area contributed by atoms with Gasteiger partial charge >= 0.3 is 0 Å². The zero-order valence-electron chi connectivity index (χ0n) is 15.8. The van der Waals surface area contributed by atoms with Gasteiger partial charge in [0.05, 0.1) is 5.69 Å². The molecule has 3 fully saturated rings. The maximum atomic E-state index is 5.50. The molecular formula is C21H29N5O. The molecule has 1 aliphatic carbocycles. The van der Waals surface area contributed by atoms with Gasteiger partial charge in [-0.25, -0.2) is 0 Å². The van der Waals surface area contributed by atoms with E-state index in [1.807, 2.05) is 24.5 Å². The molecule has 0 amide bonds. The molecule has 0 spiro atoms. The maximum absolute atomic E-state index is 5.50. The lowest BCUT2D eigenvalue weighted by atomic mass is 10.00. The first-order valence-electron chi connectivity index (χ1n) is 10.4. The molecule has 1 unspecified atom stereocenters. The highest BCUT2D eigenvalue weighted by atomic mass is 16.5. The van der Waals surface area contributed by atoms with Gasteiger partial charge in [-0.3, -0.25) is 0 Å². The van der Waals surface area contributed by atoms with Crippen LogP contribution in [-0.4, -0.2) is 59.0 Å². The van der Waals surface area contributed by atoms with E-state index in [1.165, 1.54) is 45.3 Å². The van der Waals surface area contributed by atoms with Gasteiger partial charge in [0.2, 0.25) is 0 Å². The van der Waals surface area contributed by atoms with Crippen molar-refractivity contribution < 1.29 is 4.74 Å². The largest absolute Gasteiger partial charge is 0.381 e. The number of H-pyrrole nitrogens is 1. The standard InChI is InChI=1S/C21H29N5O/c1-2-21(25-24-20(1)16-3-6-22-11-16)23-19-9-17-13-26(14-18(17)10-19)12-15-4-7-27-8-5-15/h1-3,6,11,15,17-19,22H,4-5,7-10,12-14H2,(H,23,25)/t17-,18+,19?. The summed E-state index contributed by atoms with van der Waals surface area (Å²) in [5.41, 5.74) is 1.99. The van der Waals surface area contributed by atoms with E-state index in [9.17, 15) is 0 Å². The van der Waals surface area contributed by atoms with Crippen LogP contribution in [0.15, 0.2) is 30.6 Å². The molecule has 0 aromatic carbocycles. The van der Waals surface area contributed by atoms with Crippen LogP contribution in [0.3, 0.4) is 0 Å². The molecule has 3 aliphatic rings. The van der Waals surface area contributed by atoms with Crippen molar-refractivity contribution in [1.82, 2.24) is 20.1 Å². The molecule has 2 saturated heterocycles. The number of aromatic nitrogens is 3. The van der Waals surface area contributed by atoms with Crippen molar-refractivity contribution in [2.45, 2.75) is 31.7 Å². The summed E-state index contributed by atoms with van der Waals surface area (Å²) in [5, 5.41) is 12.4. The summed E-state index contributed by atoms with van der Waals surface area (Å²) < 4.78 is 5.50. The van der Waals surface area contributed by atoms with Crippen LogP contribution >= 0.6 is 0 Å². The zero-order valence-corrected chi connectivity index (χ0v) is 15.8. The van der Waals surface area contributed by atoms with Gasteiger partial charge in [0.1, 0.15) is 5.82 Å². The summed E-state index contributed by atoms with van der Waals surface area (Å²) in [7, 11) is 0. The number of hydrogen-bond donors (Lipinski definition) is 2. The van der Waals surface area contributed by atoms with E-state index in [1.54, 1.807) is 0 Å². The first kappa shape index (κ1) is 17.2. The molecule has 2 aromatic heterocycles. The summed E-state index contributed by atoms with van der Waals surface area (Å²) in [6, 6.07) is 6.66. The summed E-state index contributed by atoms with van der Waals surface area (Å²) in [6.45, 7) is 5.75. The molecule has 2 aliphatic heterocycles. The molecule has 2 aromatic rings. The van der Waals surface area contributed by atoms with Gasteiger partial charge in [0, 0.05) is 56.8 Å². The molecular weight excluding hydrogens is 338 g/mol. The molecule has 4 heterocycles. The fourth-order valence-electron chi connectivity index (χ4n) is 5.21. The summed E-state index contributed by atoms with van der Waals surface area (Å²) >= 11 is 0. The third-order valence-corrected chi connectivity index (χ3v) is 6.59. The lowest BCUT2D eigenvalue weighted by Crippen LogP contribution is -2.32. The second-order valence-electron chi connectivity index (χ2n) is 8.51. The fraction of sp³-hybridized carbons (Fsp3) is 0.619. The second-order valence-corrected chi connectivity index (χ2v) is 8.51. The lowest BCUT2D eigenvalue weighted by Gasteiger charge is -2.27.